The van der Waals surface area contributed by atoms with Crippen LogP contribution in [0.2, 0.25) is 0 Å². The van der Waals surface area contributed by atoms with E-state index in [1.807, 2.05) is 26.0 Å². The summed E-state index contributed by atoms with van der Waals surface area (Å²) in [5.74, 6) is 2.20. The number of carbonyl (C=O) groups is 2. The maximum Gasteiger partial charge on any atom is 0.254 e. The fourth-order valence-electron chi connectivity index (χ4n) is 5.39. The number of hydrogen-bond acceptors (Lipinski definition) is 5. The highest BCUT2D eigenvalue weighted by molar-refractivity contribution is 14.1. The molecule has 0 unspecified atom stereocenters. The first-order valence-corrected chi connectivity index (χ1v) is 11.3. The van der Waals surface area contributed by atoms with Gasteiger partial charge in [0, 0.05) is 0 Å². The zero-order valence-electron chi connectivity index (χ0n) is 16.4. The molecule has 0 spiro atoms. The summed E-state index contributed by atoms with van der Waals surface area (Å²) in [5, 5.41) is 5.42. The smallest absolute Gasteiger partial charge is 0.254 e. The summed E-state index contributed by atoms with van der Waals surface area (Å²) in [5.41, 5.74) is 0.765. The van der Waals surface area contributed by atoms with Crippen LogP contribution in [0.3, 0.4) is 0 Å². The number of rotatable bonds is 6. The van der Waals surface area contributed by atoms with Gasteiger partial charge in [-0.3, -0.25) is 9.59 Å². The van der Waals surface area contributed by atoms with Crippen LogP contribution in [-0.4, -0.2) is 36.3 Å². The molecule has 152 valence electrons. The van der Waals surface area contributed by atoms with Crippen molar-refractivity contribution in [3.63, 3.8) is 0 Å². The van der Waals surface area contributed by atoms with Crippen molar-refractivity contribution in [2.24, 2.45) is 40.6 Å². The molecule has 29 heavy (non-hydrogen) atoms. The second kappa shape index (κ2) is 7.11. The molecule has 7 heteroatoms. The number of benzene rings is 1. The Balaban J connectivity index is 1.41. The van der Waals surface area contributed by atoms with E-state index in [1.54, 1.807) is 6.21 Å². The average Bonchev–Trinajstić information content (AvgIpc) is 3.48. The second-order valence-electron chi connectivity index (χ2n) is 8.08. The van der Waals surface area contributed by atoms with Gasteiger partial charge < -0.3 is 9.47 Å². The van der Waals surface area contributed by atoms with Crippen LogP contribution in [0.25, 0.3) is 0 Å². The van der Waals surface area contributed by atoms with E-state index in [2.05, 4.69) is 39.8 Å². The minimum absolute atomic E-state index is 0.147. The normalized spacial score (nSPS) is 34.0. The minimum Gasteiger partial charge on any atom is -0.490 e. The number of hydrogen-bond donors (Lipinski definition) is 0. The molecule has 2 amide bonds. The predicted molar refractivity (Wildman–Crippen MR) is 116 cm³/mol. The molecule has 5 aliphatic rings. The summed E-state index contributed by atoms with van der Waals surface area (Å²) in [6, 6.07) is 3.74. The van der Waals surface area contributed by atoms with Gasteiger partial charge in [0.25, 0.3) is 11.8 Å². The molecule has 0 aromatic heterocycles. The summed E-state index contributed by atoms with van der Waals surface area (Å²) >= 11 is 2.20. The zero-order chi connectivity index (χ0) is 20.3. The minimum atomic E-state index is -0.224. The van der Waals surface area contributed by atoms with Gasteiger partial charge in [0.15, 0.2) is 11.5 Å². The van der Waals surface area contributed by atoms with Gasteiger partial charge in [-0.25, -0.2) is 0 Å². The molecule has 2 saturated carbocycles. The molecule has 2 bridgehead atoms. The number of amides is 2. The van der Waals surface area contributed by atoms with Crippen LogP contribution in [0.1, 0.15) is 25.8 Å². The molecule has 0 N–H and O–H groups in total. The third-order valence-corrected chi connectivity index (χ3v) is 7.38. The third kappa shape index (κ3) is 2.92. The molecule has 1 aromatic carbocycles. The zero-order valence-corrected chi connectivity index (χ0v) is 18.5. The Morgan fingerprint density at radius 3 is 2.28 bits per heavy atom. The van der Waals surface area contributed by atoms with E-state index in [1.165, 1.54) is 0 Å². The summed E-state index contributed by atoms with van der Waals surface area (Å²) in [6.45, 7) is 4.90. The molecule has 6 atom stereocenters. The van der Waals surface area contributed by atoms with E-state index in [4.69, 9.17) is 9.47 Å². The molecule has 6 rings (SSSR count). The molecule has 0 radical (unpaired) electrons. The van der Waals surface area contributed by atoms with Crippen LogP contribution in [0.5, 0.6) is 11.5 Å². The van der Waals surface area contributed by atoms with E-state index in [0.29, 0.717) is 36.5 Å². The molecule has 4 aliphatic carbocycles. The largest absolute Gasteiger partial charge is 0.490 e. The van der Waals surface area contributed by atoms with E-state index < -0.39 is 0 Å². The number of carbonyl (C=O) groups excluding carboxylic acids is 2. The van der Waals surface area contributed by atoms with Crippen molar-refractivity contribution in [2.75, 3.05) is 13.2 Å². The number of halogens is 1. The lowest BCUT2D eigenvalue weighted by Crippen LogP contribution is -2.40. The molecule has 6 nitrogen and oxygen atoms in total. The summed E-state index contributed by atoms with van der Waals surface area (Å²) in [7, 11) is 0. The fourth-order valence-corrected chi connectivity index (χ4v) is 6.17. The van der Waals surface area contributed by atoms with Crippen molar-refractivity contribution < 1.29 is 19.1 Å². The van der Waals surface area contributed by atoms with Crippen LogP contribution >= 0.6 is 22.6 Å². The van der Waals surface area contributed by atoms with Gasteiger partial charge in [-0.2, -0.15) is 10.1 Å². The molecule has 3 fully saturated rings. The third-order valence-electron chi connectivity index (χ3n) is 6.58. The number of hydrazone groups is 1. The Morgan fingerprint density at radius 1 is 1.07 bits per heavy atom. The summed E-state index contributed by atoms with van der Waals surface area (Å²) in [6.07, 6.45) is 7.07. The highest BCUT2D eigenvalue weighted by Gasteiger charge is 2.67. The van der Waals surface area contributed by atoms with Crippen molar-refractivity contribution in [2.45, 2.75) is 20.3 Å². The summed E-state index contributed by atoms with van der Waals surface area (Å²) in [4.78, 5) is 26.0. The first-order chi connectivity index (χ1) is 14.0. The molecule has 1 saturated heterocycles. The lowest BCUT2D eigenvalue weighted by molar-refractivity contribution is -0.140. The Bertz CT molecular complexity index is 907. The highest BCUT2D eigenvalue weighted by Crippen LogP contribution is 2.65. The van der Waals surface area contributed by atoms with Gasteiger partial charge in [-0.1, -0.05) is 12.2 Å². The van der Waals surface area contributed by atoms with E-state index in [0.717, 1.165) is 20.6 Å². The fraction of sp³-hybridized carbons (Fsp3) is 0.500. The van der Waals surface area contributed by atoms with Crippen LogP contribution in [0.4, 0.5) is 0 Å². The monoisotopic (exact) mass is 506 g/mol. The standard InChI is InChI=1S/C22H23IN2O4/c1-3-28-17-8-11(7-16(23)20(17)29-4-2)10-24-25-21(26)18-12-5-6-13(15-9-14(12)15)19(18)22(25)27/h5-8,10,12-15,18-19H,3-4,9H2,1-2H3/b24-10-/t12-,13-,14-,15+,18+,19+/m0/s1. The number of nitrogens with zero attached hydrogens (tertiary/aromatic N) is 2. The average molecular weight is 506 g/mol. The first-order valence-electron chi connectivity index (χ1n) is 10.2. The van der Waals surface area contributed by atoms with Crippen molar-refractivity contribution in [1.82, 2.24) is 5.01 Å². The van der Waals surface area contributed by atoms with Crippen molar-refractivity contribution >= 4 is 40.6 Å². The van der Waals surface area contributed by atoms with E-state index >= 15 is 0 Å². The van der Waals surface area contributed by atoms with Crippen molar-refractivity contribution in [1.29, 1.82) is 0 Å². The predicted octanol–water partition coefficient (Wildman–Crippen LogP) is 3.48. The molecular formula is C22H23IN2O4. The van der Waals surface area contributed by atoms with Gasteiger partial charge in [0.2, 0.25) is 0 Å². The quantitative estimate of drug-likeness (QED) is 0.257. The van der Waals surface area contributed by atoms with Crippen LogP contribution < -0.4 is 9.47 Å². The Labute approximate surface area is 183 Å². The van der Waals surface area contributed by atoms with Crippen molar-refractivity contribution in [3.8, 4) is 11.5 Å². The Morgan fingerprint density at radius 2 is 1.69 bits per heavy atom. The van der Waals surface area contributed by atoms with Gasteiger partial charge in [0.05, 0.1) is 34.8 Å². The lowest BCUT2D eigenvalue weighted by Gasteiger charge is -2.37. The van der Waals surface area contributed by atoms with Crippen molar-refractivity contribution in [3.05, 3.63) is 33.4 Å². The highest BCUT2D eigenvalue weighted by atomic mass is 127. The van der Waals surface area contributed by atoms with E-state index in [9.17, 15) is 9.59 Å². The number of imide groups is 1. The number of allylic oxidation sites excluding steroid dienone is 2. The lowest BCUT2D eigenvalue weighted by atomic mass is 9.63. The molecule has 1 aliphatic heterocycles. The topological polar surface area (TPSA) is 68.2 Å². The Kier molecular flexibility index (Phi) is 4.68. The van der Waals surface area contributed by atoms with Gasteiger partial charge in [-0.05, 0) is 84.2 Å². The molecule has 1 heterocycles. The SMILES string of the molecule is CCOc1cc(/C=N\N2C(=O)[C@@H]3[C@H]4C=C[C@@H]([C@@H]5C[C@H]45)[C@H]3C2=O)cc(I)c1OCC. The Hall–Kier alpha value is -1.90. The second-order valence-corrected chi connectivity index (χ2v) is 9.25. The first kappa shape index (κ1) is 19.1. The van der Waals surface area contributed by atoms with Gasteiger partial charge >= 0.3 is 0 Å². The van der Waals surface area contributed by atoms with Gasteiger partial charge in [0.1, 0.15) is 0 Å². The van der Waals surface area contributed by atoms with Gasteiger partial charge in [-0.15, -0.1) is 0 Å². The maximum atomic E-state index is 13.0. The number of ether oxygens (including phenoxy) is 2. The maximum absolute atomic E-state index is 13.0. The molecule has 1 aromatic rings. The van der Waals surface area contributed by atoms with E-state index in [-0.39, 0.29) is 35.5 Å². The van der Waals surface area contributed by atoms with Crippen LogP contribution in [0.15, 0.2) is 29.4 Å². The van der Waals surface area contributed by atoms with Crippen LogP contribution in [0, 0.1) is 39.1 Å². The molecular weight excluding hydrogens is 483 g/mol. The van der Waals surface area contributed by atoms with Crippen LogP contribution in [-0.2, 0) is 9.59 Å². The summed E-state index contributed by atoms with van der Waals surface area (Å²) < 4.78 is 12.3.